The lowest BCUT2D eigenvalue weighted by atomic mass is 10.1. The van der Waals surface area contributed by atoms with Gasteiger partial charge in [-0.05, 0) is 42.5 Å². The summed E-state index contributed by atoms with van der Waals surface area (Å²) in [5, 5.41) is 0. The average molecular weight is 277 g/mol. The number of hydrogen-bond donors (Lipinski definition) is 1. The predicted molar refractivity (Wildman–Crippen MR) is 91.4 cm³/mol. The minimum Gasteiger partial charge on any atom is -0.364 e. The van der Waals surface area contributed by atoms with E-state index in [1.807, 2.05) is 13.0 Å². The van der Waals surface area contributed by atoms with Crippen molar-refractivity contribution in [3.05, 3.63) is 95.9 Å². The topological polar surface area (TPSA) is 15.8 Å². The second-order valence-corrected chi connectivity index (χ2v) is 5.17. The summed E-state index contributed by atoms with van der Waals surface area (Å²) >= 11 is 0. The van der Waals surface area contributed by atoms with Gasteiger partial charge in [-0.1, -0.05) is 61.2 Å². The van der Waals surface area contributed by atoms with Crippen LogP contribution in [0.25, 0.3) is 0 Å². The molecule has 0 aliphatic carbocycles. The van der Waals surface area contributed by atoms with Gasteiger partial charge in [0.25, 0.3) is 0 Å². The molecule has 0 aliphatic rings. The van der Waals surface area contributed by atoms with Crippen LogP contribution in [0.3, 0.4) is 0 Å². The van der Waals surface area contributed by atoms with E-state index < -0.39 is 0 Å². The van der Waals surface area contributed by atoms with Gasteiger partial charge in [-0.3, -0.25) is 0 Å². The Morgan fingerprint density at radius 1 is 1.14 bits per heavy atom. The minimum atomic E-state index is 0.918. The van der Waals surface area contributed by atoms with Crippen molar-refractivity contribution in [3.8, 4) is 0 Å². The van der Waals surface area contributed by atoms with Gasteiger partial charge in [0.2, 0.25) is 0 Å². The zero-order valence-electron chi connectivity index (χ0n) is 12.7. The zero-order valence-corrected chi connectivity index (χ0v) is 12.7. The van der Waals surface area contributed by atoms with Crippen molar-refractivity contribution < 1.29 is 0 Å². The largest absolute Gasteiger partial charge is 0.364 e. The van der Waals surface area contributed by atoms with Crippen molar-refractivity contribution in [3.63, 3.8) is 0 Å². The van der Waals surface area contributed by atoms with Crippen molar-refractivity contribution >= 4 is 0 Å². The molecule has 108 valence electrons. The lowest BCUT2D eigenvalue weighted by Crippen LogP contribution is -1.89. The van der Waals surface area contributed by atoms with Crippen LogP contribution in [0, 0.1) is 0 Å². The van der Waals surface area contributed by atoms with Gasteiger partial charge >= 0.3 is 0 Å². The molecule has 1 aromatic carbocycles. The van der Waals surface area contributed by atoms with Gasteiger partial charge in [0.05, 0.1) is 0 Å². The van der Waals surface area contributed by atoms with Crippen molar-refractivity contribution in [1.82, 2.24) is 4.98 Å². The molecule has 1 aromatic heterocycles. The van der Waals surface area contributed by atoms with Crippen LogP contribution in [0.2, 0.25) is 0 Å². The van der Waals surface area contributed by atoms with Gasteiger partial charge in [-0.2, -0.15) is 0 Å². The number of aromatic amines is 1. The second-order valence-electron chi connectivity index (χ2n) is 5.17. The van der Waals surface area contributed by atoms with E-state index in [0.717, 1.165) is 19.3 Å². The molecular weight excluding hydrogens is 254 g/mol. The molecule has 1 N–H and O–H groups in total. The normalized spacial score (nSPS) is 12.0. The summed E-state index contributed by atoms with van der Waals surface area (Å²) in [6.45, 7) is 5.81. The highest BCUT2D eigenvalue weighted by Crippen LogP contribution is 2.13. The third-order valence-electron chi connectivity index (χ3n) is 3.46. The summed E-state index contributed by atoms with van der Waals surface area (Å²) in [5.74, 6) is 0. The Hall–Kier alpha value is -2.28. The van der Waals surface area contributed by atoms with Crippen LogP contribution >= 0.6 is 0 Å². The highest BCUT2D eigenvalue weighted by Gasteiger charge is 2.02. The Morgan fingerprint density at radius 2 is 1.90 bits per heavy atom. The molecular formula is C20H23N. The average Bonchev–Trinajstić information content (AvgIpc) is 2.94. The number of benzene rings is 1. The van der Waals surface area contributed by atoms with E-state index in [1.165, 1.54) is 22.4 Å². The lowest BCUT2D eigenvalue weighted by Gasteiger charge is -2.00. The number of aryl methyl sites for hydroxylation is 2. The van der Waals surface area contributed by atoms with Crippen LogP contribution in [0.5, 0.6) is 0 Å². The number of nitrogens with one attached hydrogen (secondary N) is 1. The smallest absolute Gasteiger partial charge is 0.0194 e. The van der Waals surface area contributed by atoms with E-state index in [-0.39, 0.29) is 0 Å². The summed E-state index contributed by atoms with van der Waals surface area (Å²) in [7, 11) is 0. The molecule has 0 radical (unpaired) electrons. The summed E-state index contributed by atoms with van der Waals surface area (Å²) in [4.78, 5) is 3.38. The molecule has 2 rings (SSSR count). The molecule has 1 heteroatoms. The maximum atomic E-state index is 3.77. The molecule has 0 aliphatic heterocycles. The van der Waals surface area contributed by atoms with E-state index in [9.17, 15) is 0 Å². The van der Waals surface area contributed by atoms with Crippen LogP contribution in [-0.4, -0.2) is 4.98 Å². The predicted octanol–water partition coefficient (Wildman–Crippen LogP) is 5.03. The second kappa shape index (κ2) is 8.11. The molecule has 0 fully saturated rings. The molecule has 2 aromatic rings. The van der Waals surface area contributed by atoms with E-state index >= 15 is 0 Å². The summed E-state index contributed by atoms with van der Waals surface area (Å²) in [6, 6.07) is 12.9. The maximum absolute atomic E-state index is 3.77. The summed E-state index contributed by atoms with van der Waals surface area (Å²) < 4.78 is 0. The van der Waals surface area contributed by atoms with Gasteiger partial charge in [-0.15, -0.1) is 0 Å². The lowest BCUT2D eigenvalue weighted by molar-refractivity contribution is 0.962. The first-order chi connectivity index (χ1) is 10.3. The third-order valence-corrected chi connectivity index (χ3v) is 3.46. The summed E-state index contributed by atoms with van der Waals surface area (Å²) in [6.07, 6.45) is 13.3. The van der Waals surface area contributed by atoms with E-state index in [1.54, 1.807) is 0 Å². The van der Waals surface area contributed by atoms with Crippen molar-refractivity contribution in [2.45, 2.75) is 26.2 Å². The van der Waals surface area contributed by atoms with E-state index in [0.29, 0.717) is 0 Å². The monoisotopic (exact) mass is 277 g/mol. The minimum absolute atomic E-state index is 0.918. The van der Waals surface area contributed by atoms with Crippen LogP contribution in [-0.2, 0) is 19.3 Å². The van der Waals surface area contributed by atoms with Crippen LogP contribution in [0.1, 0.15) is 23.7 Å². The maximum Gasteiger partial charge on any atom is 0.0194 e. The Bertz CT molecular complexity index is 614. The Morgan fingerprint density at radius 3 is 2.62 bits per heavy atom. The highest BCUT2D eigenvalue weighted by atomic mass is 14.7. The first-order valence-electron chi connectivity index (χ1n) is 7.46. The van der Waals surface area contributed by atoms with Crippen LogP contribution < -0.4 is 0 Å². The van der Waals surface area contributed by atoms with Gasteiger partial charge in [0, 0.05) is 18.3 Å². The Kier molecular flexibility index (Phi) is 5.83. The molecule has 0 saturated carbocycles. The first kappa shape index (κ1) is 15.1. The van der Waals surface area contributed by atoms with Gasteiger partial charge < -0.3 is 4.98 Å². The van der Waals surface area contributed by atoms with Crippen molar-refractivity contribution in [2.24, 2.45) is 0 Å². The highest BCUT2D eigenvalue weighted by molar-refractivity contribution is 5.30. The molecule has 0 amide bonds. The Balaban J connectivity index is 1.95. The molecule has 0 saturated heterocycles. The standard InChI is InChI=1S/C20H23N/c1-3-8-18(9-4-2)14-20-15-19(16-21-20)13-12-17-10-6-5-7-11-17/h3-11,15-16,21H,1,12-14H2,2H3/b9-4-,18-8+. The zero-order chi connectivity index (χ0) is 14.9. The fraction of sp³-hybridized carbons (Fsp3) is 0.200. The fourth-order valence-corrected chi connectivity index (χ4v) is 2.43. The quantitative estimate of drug-likeness (QED) is 0.683. The number of allylic oxidation sites excluding steroid dienone is 5. The summed E-state index contributed by atoms with van der Waals surface area (Å²) in [5.41, 5.74) is 5.28. The molecule has 0 spiro atoms. The molecule has 0 bridgehead atoms. The van der Waals surface area contributed by atoms with Gasteiger partial charge in [0.1, 0.15) is 0 Å². The van der Waals surface area contributed by atoms with Crippen molar-refractivity contribution in [1.29, 1.82) is 0 Å². The van der Waals surface area contributed by atoms with Gasteiger partial charge in [0.15, 0.2) is 0 Å². The number of hydrogen-bond acceptors (Lipinski definition) is 0. The SMILES string of the molecule is C=C/C=C(\C=C/C)Cc1cc(CCc2ccccc2)c[nH]1. The first-order valence-corrected chi connectivity index (χ1v) is 7.46. The molecule has 0 atom stereocenters. The molecule has 0 unspecified atom stereocenters. The van der Waals surface area contributed by atoms with Crippen LogP contribution in [0.4, 0.5) is 0 Å². The Labute approximate surface area is 127 Å². The molecule has 21 heavy (non-hydrogen) atoms. The third kappa shape index (κ3) is 4.96. The molecule has 1 heterocycles. The van der Waals surface area contributed by atoms with E-state index in [2.05, 4.69) is 72.4 Å². The number of H-pyrrole nitrogens is 1. The fourth-order valence-electron chi connectivity index (χ4n) is 2.43. The van der Waals surface area contributed by atoms with Crippen molar-refractivity contribution in [2.75, 3.05) is 0 Å². The number of aromatic nitrogens is 1. The van der Waals surface area contributed by atoms with E-state index in [4.69, 9.17) is 0 Å². The number of rotatable bonds is 7. The molecule has 1 nitrogen and oxygen atoms in total. The van der Waals surface area contributed by atoms with Gasteiger partial charge in [-0.25, -0.2) is 0 Å². The van der Waals surface area contributed by atoms with Crippen LogP contribution in [0.15, 0.2) is 79.1 Å².